The summed E-state index contributed by atoms with van der Waals surface area (Å²) in [5.41, 5.74) is 0.248. The van der Waals surface area contributed by atoms with Gasteiger partial charge in [0.2, 0.25) is 0 Å². The molecule has 3 heteroatoms. The molecule has 0 amide bonds. The van der Waals surface area contributed by atoms with E-state index in [1.807, 2.05) is 0 Å². The first-order valence-electron chi connectivity index (χ1n) is 4.22. The lowest BCUT2D eigenvalue weighted by Crippen LogP contribution is -2.26. The summed E-state index contributed by atoms with van der Waals surface area (Å²) in [6.07, 6.45) is 8.87. The van der Waals surface area contributed by atoms with Crippen molar-refractivity contribution in [1.82, 2.24) is 0 Å². The first-order valence-corrected chi connectivity index (χ1v) is 4.22. The molecule has 0 spiro atoms. The molecule has 0 aromatic rings. The lowest BCUT2D eigenvalue weighted by atomic mass is 9.75. The molecule has 0 bridgehead atoms. The molecule has 0 aromatic carbocycles. The Kier molecular flexibility index (Phi) is 1.62. The van der Waals surface area contributed by atoms with E-state index in [2.05, 4.69) is 10.7 Å². The van der Waals surface area contributed by atoms with Gasteiger partial charge in [0.1, 0.15) is 5.41 Å². The fourth-order valence-electron chi connectivity index (χ4n) is 1.73. The van der Waals surface area contributed by atoms with Crippen molar-refractivity contribution >= 4 is 11.9 Å². The van der Waals surface area contributed by atoms with E-state index >= 15 is 0 Å². The van der Waals surface area contributed by atoms with Crippen LogP contribution in [0.5, 0.6) is 0 Å². The maximum absolute atomic E-state index is 11.4. The number of terminal acetylenes is 1. The molecule has 0 radical (unpaired) electrons. The maximum atomic E-state index is 11.4. The highest BCUT2D eigenvalue weighted by atomic mass is 16.6. The molecule has 14 heavy (non-hydrogen) atoms. The van der Waals surface area contributed by atoms with Crippen LogP contribution in [-0.4, -0.2) is 11.9 Å². The Morgan fingerprint density at radius 1 is 1.50 bits per heavy atom. The van der Waals surface area contributed by atoms with Crippen molar-refractivity contribution in [3.63, 3.8) is 0 Å². The van der Waals surface area contributed by atoms with Gasteiger partial charge in [0.25, 0.3) is 0 Å². The maximum Gasteiger partial charge on any atom is 0.342 e. The molecule has 0 saturated carbocycles. The number of cyclic esters (lactones) is 2. The normalized spacial score (nSPS) is 30.0. The van der Waals surface area contributed by atoms with Gasteiger partial charge in [0.05, 0.1) is 5.57 Å². The zero-order valence-electron chi connectivity index (χ0n) is 7.66. The zero-order chi connectivity index (χ0) is 10.3. The van der Waals surface area contributed by atoms with E-state index in [1.54, 1.807) is 19.1 Å². The molecule has 1 atom stereocenters. The fourth-order valence-corrected chi connectivity index (χ4v) is 1.73. The van der Waals surface area contributed by atoms with Crippen molar-refractivity contribution in [3.8, 4) is 12.3 Å². The average molecular weight is 188 g/mol. The summed E-state index contributed by atoms with van der Waals surface area (Å²) in [6, 6.07) is 0. The quantitative estimate of drug-likeness (QED) is 0.323. The number of rotatable bonds is 0. The number of esters is 2. The summed E-state index contributed by atoms with van der Waals surface area (Å²) in [5, 5.41) is 0. The van der Waals surface area contributed by atoms with Crippen LogP contribution in [-0.2, 0) is 14.3 Å². The van der Waals surface area contributed by atoms with Crippen molar-refractivity contribution in [2.24, 2.45) is 5.41 Å². The number of carbonyl (C=O) groups is 2. The largest absolute Gasteiger partial charge is 0.389 e. The summed E-state index contributed by atoms with van der Waals surface area (Å²) in [6.45, 7) is 1.68. The van der Waals surface area contributed by atoms with E-state index in [-0.39, 0.29) is 0 Å². The summed E-state index contributed by atoms with van der Waals surface area (Å²) in [4.78, 5) is 22.6. The van der Waals surface area contributed by atoms with Gasteiger partial charge in [0.15, 0.2) is 0 Å². The lowest BCUT2D eigenvalue weighted by molar-refractivity contribution is -0.154. The summed E-state index contributed by atoms with van der Waals surface area (Å²) in [5.74, 6) is 1.42. The molecule has 1 saturated heterocycles. The molecule has 1 aliphatic carbocycles. The van der Waals surface area contributed by atoms with Gasteiger partial charge in [-0.1, -0.05) is 12.0 Å². The minimum absolute atomic E-state index is 0.375. The first-order chi connectivity index (χ1) is 6.58. The number of hydrogen-bond donors (Lipinski definition) is 0. The Morgan fingerprint density at radius 3 is 2.86 bits per heavy atom. The molecule has 2 aliphatic rings. The van der Waals surface area contributed by atoms with Crippen LogP contribution in [0.4, 0.5) is 0 Å². The predicted molar refractivity (Wildman–Crippen MR) is 48.8 cm³/mol. The Hall–Kier alpha value is -1.82. The van der Waals surface area contributed by atoms with Crippen molar-refractivity contribution < 1.29 is 14.3 Å². The van der Waals surface area contributed by atoms with E-state index in [0.29, 0.717) is 17.6 Å². The number of ether oxygens (including phenoxy) is 1. The van der Waals surface area contributed by atoms with Gasteiger partial charge < -0.3 is 4.74 Å². The minimum atomic E-state index is -0.868. The smallest absolute Gasteiger partial charge is 0.342 e. The average Bonchev–Trinajstić information content (AvgIpc) is 2.37. The minimum Gasteiger partial charge on any atom is -0.389 e. The standard InChI is InChI=1S/C11H8O3/c1-3-7-4-5-8-9(12)14-10(13)11(8,2)6-7/h1,4-5H,6H2,2H3. The topological polar surface area (TPSA) is 43.4 Å². The molecule has 2 rings (SSSR count). The molecule has 0 N–H and O–H groups in total. The summed E-state index contributed by atoms with van der Waals surface area (Å²) in [7, 11) is 0. The van der Waals surface area contributed by atoms with Crippen LogP contribution < -0.4 is 0 Å². The molecule has 1 fully saturated rings. The molecular weight excluding hydrogens is 180 g/mol. The SMILES string of the molecule is C#CC1=CC=C2C(=O)OC(=O)C2(C)C1. The van der Waals surface area contributed by atoms with Crippen LogP contribution in [0.3, 0.4) is 0 Å². The van der Waals surface area contributed by atoms with Crippen LogP contribution >= 0.6 is 0 Å². The molecular formula is C11H8O3. The van der Waals surface area contributed by atoms with Crippen LogP contribution in [0.25, 0.3) is 0 Å². The van der Waals surface area contributed by atoms with E-state index in [9.17, 15) is 9.59 Å². The number of allylic oxidation sites excluding steroid dienone is 3. The van der Waals surface area contributed by atoms with Gasteiger partial charge in [-0.3, -0.25) is 4.79 Å². The predicted octanol–water partition coefficient (Wildman–Crippen LogP) is 0.966. The van der Waals surface area contributed by atoms with Gasteiger partial charge in [0, 0.05) is 12.0 Å². The monoisotopic (exact) mass is 188 g/mol. The summed E-state index contributed by atoms with van der Waals surface area (Å²) < 4.78 is 4.56. The van der Waals surface area contributed by atoms with Crippen LogP contribution in [0.15, 0.2) is 23.3 Å². The molecule has 3 nitrogen and oxygen atoms in total. The lowest BCUT2D eigenvalue weighted by Gasteiger charge is -2.22. The van der Waals surface area contributed by atoms with Gasteiger partial charge in [-0.25, -0.2) is 4.79 Å². The Labute approximate surface area is 81.4 Å². The first kappa shape index (κ1) is 8.76. The Morgan fingerprint density at radius 2 is 2.21 bits per heavy atom. The van der Waals surface area contributed by atoms with Gasteiger partial charge in [-0.05, 0) is 13.0 Å². The Bertz CT molecular complexity index is 434. The van der Waals surface area contributed by atoms with Gasteiger partial charge in [-0.15, -0.1) is 6.42 Å². The van der Waals surface area contributed by atoms with Crippen LogP contribution in [0.2, 0.25) is 0 Å². The second-order valence-corrected chi connectivity index (χ2v) is 3.60. The third-order valence-corrected chi connectivity index (χ3v) is 2.63. The molecule has 0 aromatic heterocycles. The van der Waals surface area contributed by atoms with E-state index in [4.69, 9.17) is 6.42 Å². The fraction of sp³-hybridized carbons (Fsp3) is 0.273. The summed E-state index contributed by atoms with van der Waals surface area (Å²) >= 11 is 0. The zero-order valence-corrected chi connectivity index (χ0v) is 7.66. The third-order valence-electron chi connectivity index (χ3n) is 2.63. The van der Waals surface area contributed by atoms with Crippen molar-refractivity contribution in [2.45, 2.75) is 13.3 Å². The van der Waals surface area contributed by atoms with Crippen molar-refractivity contribution in [2.75, 3.05) is 0 Å². The van der Waals surface area contributed by atoms with E-state index in [0.717, 1.165) is 0 Å². The third kappa shape index (κ3) is 0.942. The molecule has 1 heterocycles. The van der Waals surface area contributed by atoms with Crippen molar-refractivity contribution in [1.29, 1.82) is 0 Å². The highest BCUT2D eigenvalue weighted by Crippen LogP contribution is 2.43. The van der Waals surface area contributed by atoms with Crippen LogP contribution in [0, 0.1) is 17.8 Å². The highest BCUT2D eigenvalue weighted by molar-refractivity contribution is 6.10. The molecule has 1 unspecified atom stereocenters. The van der Waals surface area contributed by atoms with Crippen LogP contribution in [0.1, 0.15) is 13.3 Å². The highest BCUT2D eigenvalue weighted by Gasteiger charge is 2.51. The van der Waals surface area contributed by atoms with Crippen molar-refractivity contribution in [3.05, 3.63) is 23.3 Å². The number of hydrogen-bond acceptors (Lipinski definition) is 3. The van der Waals surface area contributed by atoms with E-state index < -0.39 is 17.4 Å². The molecule has 1 aliphatic heterocycles. The van der Waals surface area contributed by atoms with Gasteiger partial charge >= 0.3 is 11.9 Å². The number of carbonyl (C=O) groups excluding carboxylic acids is 2. The second-order valence-electron chi connectivity index (χ2n) is 3.60. The van der Waals surface area contributed by atoms with E-state index in [1.165, 1.54) is 0 Å². The number of fused-ring (bicyclic) bond motifs is 1. The Balaban J connectivity index is 2.52. The second kappa shape index (κ2) is 2.58. The molecule has 70 valence electrons. The van der Waals surface area contributed by atoms with Gasteiger partial charge in [-0.2, -0.15) is 0 Å².